The summed E-state index contributed by atoms with van der Waals surface area (Å²) in [6.45, 7) is 0.381. The second-order valence-electron chi connectivity index (χ2n) is 7.28. The summed E-state index contributed by atoms with van der Waals surface area (Å²) in [7, 11) is -0.0271. The minimum Gasteiger partial charge on any atom is -0.391 e. The van der Waals surface area contributed by atoms with Crippen LogP contribution in [0.5, 0.6) is 0 Å². The van der Waals surface area contributed by atoms with Crippen molar-refractivity contribution in [2.45, 2.75) is 30.5 Å². The molecule has 0 atom stereocenters. The van der Waals surface area contributed by atoms with Crippen LogP contribution in [-0.4, -0.2) is 50.6 Å². The molecule has 2 aromatic rings. The molecule has 1 aromatic carbocycles. The Hall–Kier alpha value is -2.66. The second kappa shape index (κ2) is 9.23. The highest BCUT2D eigenvalue weighted by Gasteiger charge is 2.30. The lowest BCUT2D eigenvalue weighted by atomic mass is 10.1. The van der Waals surface area contributed by atoms with E-state index in [-0.39, 0.29) is 24.6 Å². The van der Waals surface area contributed by atoms with Gasteiger partial charge in [-0.25, -0.2) is 13.4 Å². The van der Waals surface area contributed by atoms with Crippen LogP contribution in [-0.2, 0) is 27.6 Å². The van der Waals surface area contributed by atoms with Gasteiger partial charge in [0.05, 0.1) is 11.3 Å². The molecule has 2 heterocycles. The van der Waals surface area contributed by atoms with Crippen LogP contribution in [0.3, 0.4) is 0 Å². The molecule has 0 bridgehead atoms. The molecule has 11 heteroatoms. The monoisotopic (exact) mass is 456 g/mol. The van der Waals surface area contributed by atoms with Crippen LogP contribution in [0.2, 0.25) is 0 Å². The predicted octanol–water partition coefficient (Wildman–Crippen LogP) is 3.52. The topological polar surface area (TPSA) is 75.1 Å². The van der Waals surface area contributed by atoms with E-state index in [0.29, 0.717) is 29.9 Å². The Balaban J connectivity index is 1.56. The van der Waals surface area contributed by atoms with E-state index in [9.17, 15) is 21.6 Å². The molecule has 0 aliphatic carbocycles. The molecule has 7 nitrogen and oxygen atoms in total. The number of nitrogens with zero attached hydrogens (tertiary/aromatic N) is 4. The Morgan fingerprint density at radius 2 is 1.87 bits per heavy atom. The fourth-order valence-corrected chi connectivity index (χ4v) is 4.44. The third-order valence-corrected chi connectivity index (χ3v) is 6.68. The fraction of sp³-hybridized carbons (Fsp3) is 0.400. The minimum atomic E-state index is -4.41. The van der Waals surface area contributed by atoms with E-state index in [0.717, 1.165) is 12.1 Å². The lowest BCUT2D eigenvalue weighted by molar-refractivity contribution is -0.137. The van der Waals surface area contributed by atoms with Gasteiger partial charge in [0.25, 0.3) is 0 Å². The smallest absolute Gasteiger partial charge is 0.391 e. The largest absolute Gasteiger partial charge is 0.416 e. The van der Waals surface area contributed by atoms with Crippen molar-refractivity contribution >= 4 is 21.6 Å². The molecule has 1 saturated heterocycles. The number of hydrogen-bond acceptors (Lipinski definition) is 6. The summed E-state index contributed by atoms with van der Waals surface area (Å²) >= 11 is 0. The predicted molar refractivity (Wildman–Crippen MR) is 110 cm³/mol. The maximum atomic E-state index is 12.8. The second-order valence-corrected chi connectivity index (χ2v) is 9.22. The Morgan fingerprint density at radius 3 is 2.45 bits per heavy atom. The van der Waals surface area contributed by atoms with Gasteiger partial charge >= 0.3 is 6.18 Å². The Bertz CT molecular complexity index is 1030. The van der Waals surface area contributed by atoms with Gasteiger partial charge in [-0.1, -0.05) is 17.3 Å². The van der Waals surface area contributed by atoms with Gasteiger partial charge in [-0.2, -0.15) is 17.5 Å². The molecule has 0 N–H and O–H groups in total. The number of anilines is 1. The maximum absolute atomic E-state index is 12.8. The molecule has 1 aliphatic heterocycles. The number of alkyl halides is 3. The summed E-state index contributed by atoms with van der Waals surface area (Å²) in [5, 5.41) is 3.99. The molecule has 0 unspecified atom stereocenters. The number of sulfonamides is 1. The number of pyridine rings is 1. The van der Waals surface area contributed by atoms with E-state index >= 15 is 0 Å². The highest BCUT2D eigenvalue weighted by Crippen LogP contribution is 2.29. The van der Waals surface area contributed by atoms with Gasteiger partial charge in [-0.15, -0.1) is 0 Å². The Kier molecular flexibility index (Phi) is 6.85. The third-order valence-electron chi connectivity index (χ3n) is 4.80. The van der Waals surface area contributed by atoms with Gasteiger partial charge in [0.2, 0.25) is 10.0 Å². The number of halogens is 3. The molecular weight excluding hydrogens is 433 g/mol. The van der Waals surface area contributed by atoms with Gasteiger partial charge < -0.3 is 9.74 Å². The normalized spacial score (nSPS) is 15.6. The molecule has 0 amide bonds. The summed E-state index contributed by atoms with van der Waals surface area (Å²) in [6.07, 6.45) is -2.31. The van der Waals surface area contributed by atoms with Gasteiger partial charge in [-0.3, -0.25) is 0 Å². The molecule has 0 spiro atoms. The number of hydrogen-bond donors (Lipinski definition) is 0. The van der Waals surface area contributed by atoms with Gasteiger partial charge in [-0.05, 0) is 29.8 Å². The molecule has 1 aromatic heterocycles. The first-order valence-electron chi connectivity index (χ1n) is 9.55. The van der Waals surface area contributed by atoms with Crippen molar-refractivity contribution in [1.29, 1.82) is 0 Å². The van der Waals surface area contributed by atoms with Crippen LogP contribution in [0.1, 0.15) is 24.0 Å². The maximum Gasteiger partial charge on any atom is 0.416 e. The lowest BCUT2D eigenvalue weighted by Gasteiger charge is -2.26. The Morgan fingerprint density at radius 1 is 1.16 bits per heavy atom. The highest BCUT2D eigenvalue weighted by atomic mass is 32.2. The molecule has 168 valence electrons. The molecule has 3 rings (SSSR count). The summed E-state index contributed by atoms with van der Waals surface area (Å²) in [5.74, 6) is 0.657. The van der Waals surface area contributed by atoms with Gasteiger partial charge in [0.1, 0.15) is 17.3 Å². The molecule has 31 heavy (non-hydrogen) atoms. The molecule has 0 saturated carbocycles. The van der Waals surface area contributed by atoms with Gasteiger partial charge in [0, 0.05) is 46.2 Å². The van der Waals surface area contributed by atoms with Crippen molar-refractivity contribution < 1.29 is 26.4 Å². The standard InChI is InChI=1S/C20H23F3N4O3S/c1-26(2)19-7-6-18(13-24-19)31(28,29)27-10-8-17(9-11-27)25-30-14-15-4-3-5-16(12-15)20(21,22)23/h3-7,12-13H,8-11,14H2,1-2H3. The lowest BCUT2D eigenvalue weighted by Crippen LogP contribution is -2.38. The highest BCUT2D eigenvalue weighted by molar-refractivity contribution is 7.89. The SMILES string of the molecule is CN(C)c1ccc(S(=O)(=O)N2CCC(=NOCc3cccc(C(F)(F)F)c3)CC2)cn1. The van der Waals surface area contributed by atoms with Crippen molar-refractivity contribution in [1.82, 2.24) is 9.29 Å². The number of rotatable bonds is 6. The van der Waals surface area contributed by atoms with E-state index in [4.69, 9.17) is 4.84 Å². The van der Waals surface area contributed by atoms with Crippen molar-refractivity contribution in [2.24, 2.45) is 5.16 Å². The summed E-state index contributed by atoms with van der Waals surface area (Å²) < 4.78 is 65.2. The number of benzene rings is 1. The zero-order valence-corrected chi connectivity index (χ0v) is 17.9. The van der Waals surface area contributed by atoms with Crippen molar-refractivity contribution in [3.05, 3.63) is 53.7 Å². The van der Waals surface area contributed by atoms with Crippen molar-refractivity contribution in [3.63, 3.8) is 0 Å². The van der Waals surface area contributed by atoms with E-state index < -0.39 is 21.8 Å². The van der Waals surface area contributed by atoms with Crippen LogP contribution < -0.4 is 4.90 Å². The van der Waals surface area contributed by atoms with Crippen LogP contribution in [0.15, 0.2) is 52.6 Å². The molecular formula is C20H23F3N4O3S. The average molecular weight is 456 g/mol. The van der Waals surface area contributed by atoms with Crippen LogP contribution >= 0.6 is 0 Å². The van der Waals surface area contributed by atoms with E-state index in [1.165, 1.54) is 28.7 Å². The van der Waals surface area contributed by atoms with E-state index in [1.54, 1.807) is 11.0 Å². The summed E-state index contributed by atoms with van der Waals surface area (Å²) in [5.41, 5.74) is 0.278. The molecule has 1 fully saturated rings. The number of aromatic nitrogens is 1. The van der Waals surface area contributed by atoms with Gasteiger partial charge in [0.15, 0.2) is 0 Å². The minimum absolute atomic E-state index is 0.0979. The first-order chi connectivity index (χ1) is 14.6. The first-order valence-corrected chi connectivity index (χ1v) is 11.0. The van der Waals surface area contributed by atoms with Crippen molar-refractivity contribution in [3.8, 4) is 0 Å². The Labute approximate surface area is 179 Å². The van der Waals surface area contributed by atoms with E-state index in [1.807, 2.05) is 14.1 Å². The fourth-order valence-electron chi connectivity index (χ4n) is 3.05. The van der Waals surface area contributed by atoms with E-state index in [2.05, 4.69) is 10.1 Å². The quantitative estimate of drug-likeness (QED) is 0.622. The van der Waals surface area contributed by atoms with Crippen molar-refractivity contribution in [2.75, 3.05) is 32.1 Å². The first kappa shape index (κ1) is 23.0. The van der Waals surface area contributed by atoms with Crippen LogP contribution in [0.25, 0.3) is 0 Å². The number of piperidine rings is 1. The van der Waals surface area contributed by atoms with Crippen LogP contribution in [0.4, 0.5) is 19.0 Å². The third kappa shape index (κ3) is 5.73. The summed E-state index contributed by atoms with van der Waals surface area (Å²) in [6, 6.07) is 8.03. The zero-order valence-electron chi connectivity index (χ0n) is 17.1. The molecule has 0 radical (unpaired) electrons. The molecule has 1 aliphatic rings. The average Bonchev–Trinajstić information content (AvgIpc) is 2.74. The summed E-state index contributed by atoms with van der Waals surface area (Å²) in [4.78, 5) is 11.3. The number of oxime groups is 1. The zero-order chi connectivity index (χ0) is 22.6. The van der Waals surface area contributed by atoms with Crippen LogP contribution in [0, 0.1) is 0 Å².